The van der Waals surface area contributed by atoms with Crippen LogP contribution in [-0.4, -0.2) is 24.4 Å². The number of amides is 2. The van der Waals surface area contributed by atoms with E-state index < -0.39 is 30.2 Å². The molecule has 0 fully saturated rings. The summed E-state index contributed by atoms with van der Waals surface area (Å²) in [6, 6.07) is 3.22. The Balaban J connectivity index is 1.67. The highest BCUT2D eigenvalue weighted by Gasteiger charge is 2.25. The van der Waals surface area contributed by atoms with Gasteiger partial charge in [0.05, 0.1) is 16.1 Å². The van der Waals surface area contributed by atoms with E-state index in [2.05, 4.69) is 5.32 Å². The third-order valence-electron chi connectivity index (χ3n) is 4.16. The Morgan fingerprint density at radius 1 is 1.26 bits per heavy atom. The van der Waals surface area contributed by atoms with Crippen LogP contribution in [0.1, 0.15) is 44.0 Å². The number of anilines is 1. The van der Waals surface area contributed by atoms with Crippen molar-refractivity contribution in [3.63, 3.8) is 0 Å². The number of rotatable bonds is 5. The Labute approximate surface area is 163 Å². The molecule has 0 spiro atoms. The lowest BCUT2D eigenvalue weighted by atomic mass is 9.95. The number of aryl methyl sites for hydroxylation is 1. The van der Waals surface area contributed by atoms with Crippen LogP contribution in [0.15, 0.2) is 18.2 Å². The maximum Gasteiger partial charge on any atom is 0.340 e. The van der Waals surface area contributed by atoms with Crippen molar-refractivity contribution >= 4 is 45.7 Å². The number of halogens is 2. The van der Waals surface area contributed by atoms with Crippen molar-refractivity contribution in [2.24, 2.45) is 5.73 Å². The molecule has 27 heavy (non-hydrogen) atoms. The normalized spacial score (nSPS) is 13.0. The predicted molar refractivity (Wildman–Crippen MR) is 99.8 cm³/mol. The Bertz CT molecular complexity index is 928. The third kappa shape index (κ3) is 4.28. The first kappa shape index (κ1) is 19.3. The Morgan fingerprint density at radius 2 is 2.00 bits per heavy atom. The Hall–Kier alpha value is -2.45. The Kier molecular flexibility index (Phi) is 5.76. The minimum Gasteiger partial charge on any atom is -0.452 e. The molecule has 142 valence electrons. The van der Waals surface area contributed by atoms with E-state index in [1.54, 1.807) is 0 Å². The van der Waals surface area contributed by atoms with Crippen molar-refractivity contribution in [1.29, 1.82) is 0 Å². The number of ether oxygens (including phenoxy) is 1. The van der Waals surface area contributed by atoms with Gasteiger partial charge in [-0.05, 0) is 49.4 Å². The van der Waals surface area contributed by atoms with Gasteiger partial charge in [-0.1, -0.05) is 11.6 Å². The SMILES string of the molecule is NC(=O)c1c(NC(=O)COC(=O)c2ccc(F)cc2Cl)sc2c1CCCC2. The standard InChI is InChI=1S/C18H16ClFN2O4S/c19-12-7-9(20)5-6-10(12)18(25)26-8-14(23)22-17-15(16(21)24)11-3-1-2-4-13(11)27-17/h5-7H,1-4,8H2,(H2,21,24)(H,22,23). The lowest BCUT2D eigenvalue weighted by Gasteiger charge is -2.11. The highest BCUT2D eigenvalue weighted by atomic mass is 35.5. The summed E-state index contributed by atoms with van der Waals surface area (Å²) in [5.41, 5.74) is 6.65. The first-order chi connectivity index (χ1) is 12.9. The van der Waals surface area contributed by atoms with Gasteiger partial charge in [0.15, 0.2) is 6.61 Å². The fraction of sp³-hybridized carbons (Fsp3) is 0.278. The summed E-state index contributed by atoms with van der Waals surface area (Å²) in [5.74, 6) is -2.65. The Morgan fingerprint density at radius 3 is 2.70 bits per heavy atom. The number of nitrogens with one attached hydrogen (secondary N) is 1. The second kappa shape index (κ2) is 8.06. The monoisotopic (exact) mass is 410 g/mol. The minimum atomic E-state index is -0.851. The molecule has 0 atom stereocenters. The van der Waals surface area contributed by atoms with Crippen molar-refractivity contribution in [1.82, 2.24) is 0 Å². The molecule has 0 saturated carbocycles. The molecule has 3 rings (SSSR count). The predicted octanol–water partition coefficient (Wildman–Crippen LogP) is 3.31. The van der Waals surface area contributed by atoms with Crippen molar-refractivity contribution in [3.05, 3.63) is 50.6 Å². The van der Waals surface area contributed by atoms with E-state index in [-0.39, 0.29) is 10.6 Å². The molecule has 1 aliphatic rings. The third-order valence-corrected chi connectivity index (χ3v) is 5.68. The van der Waals surface area contributed by atoms with E-state index in [0.717, 1.165) is 48.3 Å². The van der Waals surface area contributed by atoms with Crippen LogP contribution in [0.3, 0.4) is 0 Å². The lowest BCUT2D eigenvalue weighted by molar-refractivity contribution is -0.119. The second-order valence-corrected chi connectivity index (χ2v) is 7.54. The molecule has 0 bridgehead atoms. The average molecular weight is 411 g/mol. The molecule has 1 heterocycles. The van der Waals surface area contributed by atoms with Crippen molar-refractivity contribution < 1.29 is 23.5 Å². The number of esters is 1. The zero-order valence-corrected chi connectivity index (χ0v) is 15.7. The summed E-state index contributed by atoms with van der Waals surface area (Å²) >= 11 is 7.11. The molecule has 6 nitrogen and oxygen atoms in total. The number of carbonyl (C=O) groups excluding carboxylic acids is 3. The van der Waals surface area contributed by atoms with Gasteiger partial charge in [0.1, 0.15) is 10.8 Å². The van der Waals surface area contributed by atoms with Gasteiger partial charge in [-0.25, -0.2) is 9.18 Å². The molecule has 1 aromatic heterocycles. The lowest BCUT2D eigenvalue weighted by Crippen LogP contribution is -2.23. The van der Waals surface area contributed by atoms with Gasteiger partial charge in [-0.15, -0.1) is 11.3 Å². The highest BCUT2D eigenvalue weighted by Crippen LogP contribution is 2.37. The molecule has 0 saturated heterocycles. The van der Waals surface area contributed by atoms with Gasteiger partial charge in [0.2, 0.25) is 0 Å². The molecule has 1 aromatic carbocycles. The van der Waals surface area contributed by atoms with E-state index in [1.165, 1.54) is 17.4 Å². The van der Waals surface area contributed by atoms with Gasteiger partial charge in [-0.3, -0.25) is 9.59 Å². The summed E-state index contributed by atoms with van der Waals surface area (Å²) in [7, 11) is 0. The number of hydrogen-bond donors (Lipinski definition) is 2. The molecule has 1 aliphatic carbocycles. The van der Waals surface area contributed by atoms with Crippen LogP contribution < -0.4 is 11.1 Å². The van der Waals surface area contributed by atoms with Gasteiger partial charge in [-0.2, -0.15) is 0 Å². The molecule has 0 aliphatic heterocycles. The number of benzene rings is 1. The number of thiophene rings is 1. The van der Waals surface area contributed by atoms with Crippen LogP contribution in [0.5, 0.6) is 0 Å². The number of nitrogens with two attached hydrogens (primary N) is 1. The van der Waals surface area contributed by atoms with Crippen LogP contribution in [0.2, 0.25) is 5.02 Å². The molecule has 3 N–H and O–H groups in total. The highest BCUT2D eigenvalue weighted by molar-refractivity contribution is 7.17. The molecular weight excluding hydrogens is 395 g/mol. The summed E-state index contributed by atoms with van der Waals surface area (Å²) in [6.07, 6.45) is 3.58. The van der Waals surface area contributed by atoms with E-state index in [1.807, 2.05) is 0 Å². The van der Waals surface area contributed by atoms with Crippen molar-refractivity contribution in [3.8, 4) is 0 Å². The van der Waals surface area contributed by atoms with Crippen LogP contribution in [0, 0.1) is 5.82 Å². The van der Waals surface area contributed by atoms with Crippen LogP contribution in [-0.2, 0) is 22.4 Å². The maximum absolute atomic E-state index is 13.0. The molecule has 0 unspecified atom stereocenters. The summed E-state index contributed by atoms with van der Waals surface area (Å²) in [5, 5.41) is 2.85. The molecular formula is C18H16ClFN2O4S. The molecule has 9 heteroatoms. The smallest absolute Gasteiger partial charge is 0.340 e. The summed E-state index contributed by atoms with van der Waals surface area (Å²) in [4.78, 5) is 37.0. The number of fused-ring (bicyclic) bond motifs is 1. The largest absolute Gasteiger partial charge is 0.452 e. The fourth-order valence-electron chi connectivity index (χ4n) is 2.94. The van der Waals surface area contributed by atoms with Gasteiger partial charge in [0, 0.05) is 4.88 Å². The van der Waals surface area contributed by atoms with Crippen LogP contribution >= 0.6 is 22.9 Å². The molecule has 0 radical (unpaired) electrons. The fourth-order valence-corrected chi connectivity index (χ4v) is 4.50. The molecule has 2 aromatic rings. The summed E-state index contributed by atoms with van der Waals surface area (Å²) in [6.45, 7) is -0.576. The van der Waals surface area contributed by atoms with Gasteiger partial charge in [0.25, 0.3) is 11.8 Å². The van der Waals surface area contributed by atoms with Crippen molar-refractivity contribution in [2.45, 2.75) is 25.7 Å². The maximum atomic E-state index is 13.0. The van der Waals surface area contributed by atoms with E-state index in [0.29, 0.717) is 10.6 Å². The number of carbonyl (C=O) groups is 3. The van der Waals surface area contributed by atoms with Crippen LogP contribution in [0.25, 0.3) is 0 Å². The average Bonchev–Trinajstić information content (AvgIpc) is 2.97. The molecule has 2 amide bonds. The first-order valence-corrected chi connectivity index (χ1v) is 9.42. The zero-order chi connectivity index (χ0) is 19.6. The first-order valence-electron chi connectivity index (χ1n) is 8.23. The van der Waals surface area contributed by atoms with Gasteiger partial charge < -0.3 is 15.8 Å². The topological polar surface area (TPSA) is 98.5 Å². The van der Waals surface area contributed by atoms with Gasteiger partial charge >= 0.3 is 5.97 Å². The van der Waals surface area contributed by atoms with E-state index >= 15 is 0 Å². The second-order valence-electron chi connectivity index (χ2n) is 6.03. The van der Waals surface area contributed by atoms with E-state index in [9.17, 15) is 18.8 Å². The minimum absolute atomic E-state index is 0.0460. The van der Waals surface area contributed by atoms with Crippen molar-refractivity contribution in [2.75, 3.05) is 11.9 Å². The van der Waals surface area contributed by atoms with E-state index in [4.69, 9.17) is 22.1 Å². The summed E-state index contributed by atoms with van der Waals surface area (Å²) < 4.78 is 17.9. The number of primary amides is 1. The zero-order valence-electron chi connectivity index (χ0n) is 14.1. The van der Waals surface area contributed by atoms with Crippen LogP contribution in [0.4, 0.5) is 9.39 Å². The number of hydrogen-bond acceptors (Lipinski definition) is 5. The quantitative estimate of drug-likeness (QED) is 0.738.